The molecule has 3 aromatic rings. The van der Waals surface area contributed by atoms with Crippen molar-refractivity contribution >= 4 is 32.5 Å². The molecule has 1 heterocycles. The molecule has 0 radical (unpaired) electrons. The summed E-state index contributed by atoms with van der Waals surface area (Å²) in [6.45, 7) is 2.63. The molecule has 102 valence electrons. The monoisotopic (exact) mass is 332 g/mol. The Labute approximate surface area is 125 Å². The molecule has 4 heteroatoms. The van der Waals surface area contributed by atoms with E-state index in [0.717, 1.165) is 16.8 Å². The number of H-pyrrole nitrogens is 1. The summed E-state index contributed by atoms with van der Waals surface area (Å²) < 4.78 is 14.1. The Morgan fingerprint density at radius 2 is 2.05 bits per heavy atom. The van der Waals surface area contributed by atoms with Crippen molar-refractivity contribution in [3.63, 3.8) is 0 Å². The van der Waals surface area contributed by atoms with Gasteiger partial charge in [0.05, 0.1) is 4.47 Å². The number of hydrogen-bond acceptors (Lipinski definition) is 1. The van der Waals surface area contributed by atoms with Crippen molar-refractivity contribution in [2.24, 2.45) is 0 Å². The van der Waals surface area contributed by atoms with Crippen LogP contribution in [-0.2, 0) is 6.54 Å². The van der Waals surface area contributed by atoms with Crippen LogP contribution in [-0.4, -0.2) is 4.98 Å². The zero-order valence-electron chi connectivity index (χ0n) is 11.0. The number of benzene rings is 2. The van der Waals surface area contributed by atoms with Crippen LogP contribution in [0.4, 0.5) is 10.1 Å². The van der Waals surface area contributed by atoms with Gasteiger partial charge in [0.15, 0.2) is 0 Å². The molecule has 2 aromatic carbocycles. The van der Waals surface area contributed by atoms with E-state index in [2.05, 4.69) is 44.4 Å². The summed E-state index contributed by atoms with van der Waals surface area (Å²) in [5, 5.41) is 4.47. The van der Waals surface area contributed by atoms with E-state index in [4.69, 9.17) is 0 Å². The normalized spacial score (nSPS) is 10.9. The molecule has 1 aromatic heterocycles. The Hall–Kier alpha value is -1.81. The predicted octanol–water partition coefficient (Wildman–Crippen LogP) is 4.99. The van der Waals surface area contributed by atoms with Gasteiger partial charge in [-0.15, -0.1) is 0 Å². The molecule has 0 spiro atoms. The second-order valence-electron chi connectivity index (χ2n) is 4.83. The van der Waals surface area contributed by atoms with E-state index < -0.39 is 0 Å². The van der Waals surface area contributed by atoms with Crippen molar-refractivity contribution in [3.05, 3.63) is 64.0 Å². The Morgan fingerprint density at radius 3 is 2.90 bits per heavy atom. The van der Waals surface area contributed by atoms with Gasteiger partial charge < -0.3 is 10.3 Å². The molecule has 0 fully saturated rings. The first-order valence-electron chi connectivity index (χ1n) is 6.39. The first kappa shape index (κ1) is 13.2. The fraction of sp³-hybridized carbons (Fsp3) is 0.125. The molecular formula is C16H14BrFN2. The number of halogens is 2. The van der Waals surface area contributed by atoms with E-state index in [-0.39, 0.29) is 5.82 Å². The molecular weight excluding hydrogens is 319 g/mol. The molecule has 2 nitrogen and oxygen atoms in total. The van der Waals surface area contributed by atoms with E-state index >= 15 is 0 Å². The number of fused-ring (bicyclic) bond motifs is 1. The highest BCUT2D eigenvalue weighted by molar-refractivity contribution is 9.10. The van der Waals surface area contributed by atoms with Gasteiger partial charge in [0, 0.05) is 23.9 Å². The molecule has 0 atom stereocenters. The Morgan fingerprint density at radius 1 is 1.20 bits per heavy atom. The van der Waals surface area contributed by atoms with Gasteiger partial charge in [-0.2, -0.15) is 0 Å². The van der Waals surface area contributed by atoms with Gasteiger partial charge in [-0.1, -0.05) is 6.07 Å². The molecule has 0 amide bonds. The summed E-state index contributed by atoms with van der Waals surface area (Å²) >= 11 is 3.19. The van der Waals surface area contributed by atoms with Crippen LogP contribution in [0.5, 0.6) is 0 Å². The Kier molecular flexibility index (Phi) is 3.49. The lowest BCUT2D eigenvalue weighted by Gasteiger charge is -2.11. The summed E-state index contributed by atoms with van der Waals surface area (Å²) in [5.74, 6) is -0.251. The number of aromatic nitrogens is 1. The van der Waals surface area contributed by atoms with E-state index in [9.17, 15) is 4.39 Å². The van der Waals surface area contributed by atoms with E-state index in [0.29, 0.717) is 11.0 Å². The highest BCUT2D eigenvalue weighted by atomic mass is 79.9. The molecule has 0 bridgehead atoms. The minimum absolute atomic E-state index is 0.251. The molecule has 3 rings (SSSR count). The summed E-state index contributed by atoms with van der Waals surface area (Å²) in [6, 6.07) is 11.6. The maximum atomic E-state index is 13.6. The maximum absolute atomic E-state index is 13.6. The highest BCUT2D eigenvalue weighted by Crippen LogP contribution is 2.24. The number of anilines is 1. The van der Waals surface area contributed by atoms with Crippen LogP contribution in [0.3, 0.4) is 0 Å². The zero-order valence-corrected chi connectivity index (χ0v) is 12.6. The molecule has 2 N–H and O–H groups in total. The maximum Gasteiger partial charge on any atom is 0.139 e. The second kappa shape index (κ2) is 5.29. The summed E-state index contributed by atoms with van der Waals surface area (Å²) in [6.07, 6.45) is 1.93. The standard InChI is InChI=1S/C16H14BrFN2/c1-10-6-13(17)14(18)8-16(10)20-9-11-2-3-15-12(7-11)4-5-19-15/h2-8,19-20H,9H2,1H3. The molecule has 0 aliphatic rings. The molecule has 0 saturated carbocycles. The SMILES string of the molecule is Cc1cc(Br)c(F)cc1NCc1ccc2[nH]ccc2c1. The molecule has 0 aliphatic heterocycles. The van der Waals surface area contributed by atoms with Crippen LogP contribution in [0.1, 0.15) is 11.1 Å². The average molecular weight is 333 g/mol. The minimum Gasteiger partial charge on any atom is -0.381 e. The predicted molar refractivity (Wildman–Crippen MR) is 84.5 cm³/mol. The lowest BCUT2D eigenvalue weighted by Crippen LogP contribution is -2.01. The van der Waals surface area contributed by atoms with Gasteiger partial charge in [0.2, 0.25) is 0 Å². The van der Waals surface area contributed by atoms with E-state index in [1.807, 2.05) is 19.2 Å². The van der Waals surface area contributed by atoms with Crippen molar-refractivity contribution in [2.75, 3.05) is 5.32 Å². The lowest BCUT2D eigenvalue weighted by molar-refractivity contribution is 0.621. The fourth-order valence-electron chi connectivity index (χ4n) is 2.25. The number of aromatic amines is 1. The van der Waals surface area contributed by atoms with E-state index in [1.54, 1.807) is 6.07 Å². The molecule has 20 heavy (non-hydrogen) atoms. The van der Waals surface area contributed by atoms with Crippen LogP contribution in [0.15, 0.2) is 47.1 Å². The molecule has 0 unspecified atom stereocenters. The Bertz CT molecular complexity index is 764. The van der Waals surface area contributed by atoms with Crippen molar-refractivity contribution in [1.82, 2.24) is 4.98 Å². The largest absolute Gasteiger partial charge is 0.381 e. The van der Waals surface area contributed by atoms with Gasteiger partial charge in [-0.05, 0) is 69.7 Å². The third-order valence-electron chi connectivity index (χ3n) is 3.37. The molecule has 0 aliphatic carbocycles. The number of rotatable bonds is 3. The second-order valence-corrected chi connectivity index (χ2v) is 5.69. The van der Waals surface area contributed by atoms with E-state index in [1.165, 1.54) is 17.0 Å². The smallest absolute Gasteiger partial charge is 0.139 e. The number of nitrogens with one attached hydrogen (secondary N) is 2. The quantitative estimate of drug-likeness (QED) is 0.694. The topological polar surface area (TPSA) is 27.8 Å². The van der Waals surface area contributed by atoms with Crippen LogP contribution in [0.2, 0.25) is 0 Å². The van der Waals surface area contributed by atoms with Crippen LogP contribution in [0, 0.1) is 12.7 Å². The first-order valence-corrected chi connectivity index (χ1v) is 7.18. The minimum atomic E-state index is -0.251. The fourth-order valence-corrected chi connectivity index (χ4v) is 2.70. The van der Waals surface area contributed by atoms with Crippen LogP contribution < -0.4 is 5.32 Å². The van der Waals surface area contributed by atoms with Gasteiger partial charge in [0.25, 0.3) is 0 Å². The van der Waals surface area contributed by atoms with Gasteiger partial charge in [-0.25, -0.2) is 4.39 Å². The highest BCUT2D eigenvalue weighted by Gasteiger charge is 2.05. The number of hydrogen-bond donors (Lipinski definition) is 2. The summed E-state index contributed by atoms with van der Waals surface area (Å²) in [7, 11) is 0. The summed E-state index contributed by atoms with van der Waals surface area (Å²) in [4.78, 5) is 3.17. The van der Waals surface area contributed by atoms with Gasteiger partial charge in [0.1, 0.15) is 5.82 Å². The van der Waals surface area contributed by atoms with Crippen LogP contribution >= 0.6 is 15.9 Å². The van der Waals surface area contributed by atoms with Crippen molar-refractivity contribution in [3.8, 4) is 0 Å². The average Bonchev–Trinajstić information content (AvgIpc) is 2.89. The summed E-state index contributed by atoms with van der Waals surface area (Å²) in [5.41, 5.74) is 4.13. The van der Waals surface area contributed by atoms with Crippen LogP contribution in [0.25, 0.3) is 10.9 Å². The zero-order chi connectivity index (χ0) is 14.1. The van der Waals surface area contributed by atoms with Gasteiger partial charge in [-0.3, -0.25) is 0 Å². The Balaban J connectivity index is 1.80. The lowest BCUT2D eigenvalue weighted by atomic mass is 10.1. The number of aryl methyl sites for hydroxylation is 1. The van der Waals surface area contributed by atoms with Crippen molar-refractivity contribution in [1.29, 1.82) is 0 Å². The molecule has 0 saturated heterocycles. The van der Waals surface area contributed by atoms with Crippen molar-refractivity contribution < 1.29 is 4.39 Å². The van der Waals surface area contributed by atoms with Gasteiger partial charge >= 0.3 is 0 Å². The third kappa shape index (κ3) is 2.56. The van der Waals surface area contributed by atoms with Crippen molar-refractivity contribution in [2.45, 2.75) is 13.5 Å². The first-order chi connectivity index (χ1) is 9.63. The third-order valence-corrected chi connectivity index (χ3v) is 3.98.